The Morgan fingerprint density at radius 2 is 1.50 bits per heavy atom. The Morgan fingerprint density at radius 1 is 0.833 bits per heavy atom. The second kappa shape index (κ2) is 6.92. The van der Waals surface area contributed by atoms with E-state index in [0.29, 0.717) is 16.8 Å². The number of hydrogen-bond acceptors (Lipinski definition) is 4. The third kappa shape index (κ3) is 2.65. The second-order valence-electron chi connectivity index (χ2n) is 7.63. The molecule has 1 atom stereocenters. The maximum absolute atomic E-state index is 13.9. The average Bonchev–Trinajstić information content (AvgIpc) is 2.79. The molecule has 2 aliphatic rings. The van der Waals surface area contributed by atoms with Gasteiger partial charge >= 0.3 is 0 Å². The van der Waals surface area contributed by atoms with Gasteiger partial charge in [-0.2, -0.15) is 0 Å². The number of rotatable bonds is 2. The number of dihydropyridines is 1. The molecule has 0 saturated heterocycles. The van der Waals surface area contributed by atoms with Gasteiger partial charge in [-0.25, -0.2) is 4.98 Å². The molecular weight excluding hydrogens is 372 g/mol. The highest BCUT2D eigenvalue weighted by Crippen LogP contribution is 2.41. The predicted octanol–water partition coefficient (Wildman–Crippen LogP) is 4.90. The molecule has 0 bridgehead atoms. The molecule has 0 saturated carbocycles. The van der Waals surface area contributed by atoms with Crippen LogP contribution in [-0.4, -0.2) is 16.6 Å². The number of carbonyl (C=O) groups excluding carboxylic acids is 2. The number of aryl methyl sites for hydroxylation is 1. The first kappa shape index (κ1) is 18.3. The van der Waals surface area contributed by atoms with E-state index < -0.39 is 0 Å². The van der Waals surface area contributed by atoms with Crippen LogP contribution in [0.3, 0.4) is 0 Å². The zero-order valence-corrected chi connectivity index (χ0v) is 16.8. The molecule has 1 unspecified atom stereocenters. The molecule has 146 valence electrons. The minimum atomic E-state index is -0.280. The fraction of sp³-hybridized carbons (Fsp3) is 0.115. The summed E-state index contributed by atoms with van der Waals surface area (Å²) in [5.74, 6) is -0.651. The quantitative estimate of drug-likeness (QED) is 0.674. The van der Waals surface area contributed by atoms with E-state index in [2.05, 4.69) is 10.3 Å². The summed E-state index contributed by atoms with van der Waals surface area (Å²) in [6.45, 7) is 3.84. The van der Waals surface area contributed by atoms with Crippen molar-refractivity contribution in [2.45, 2.75) is 19.8 Å². The Kier molecular flexibility index (Phi) is 4.21. The number of aromatic nitrogens is 1. The van der Waals surface area contributed by atoms with Gasteiger partial charge in [0.1, 0.15) is 5.69 Å². The lowest BCUT2D eigenvalue weighted by atomic mass is 9.76. The third-order valence-electron chi connectivity index (χ3n) is 5.92. The van der Waals surface area contributed by atoms with Crippen molar-refractivity contribution in [3.63, 3.8) is 0 Å². The van der Waals surface area contributed by atoms with Gasteiger partial charge < -0.3 is 5.32 Å². The van der Waals surface area contributed by atoms with E-state index in [1.54, 1.807) is 6.20 Å². The monoisotopic (exact) mass is 392 g/mol. The van der Waals surface area contributed by atoms with Gasteiger partial charge in [-0.15, -0.1) is 0 Å². The Balaban J connectivity index is 1.77. The molecular formula is C26H20N2O2. The molecule has 4 nitrogen and oxygen atoms in total. The number of nitrogens with one attached hydrogen (secondary N) is 1. The molecule has 1 N–H and O–H groups in total. The summed E-state index contributed by atoms with van der Waals surface area (Å²) in [5, 5.41) is 3.02. The van der Waals surface area contributed by atoms with E-state index in [0.717, 1.165) is 27.9 Å². The number of pyridine rings is 1. The standard InChI is InChI=1S/C26H20N2O2/c1-15-16(2)28-24-22(20(15)18-11-7-4-8-12-18)25(29)21-19(17-9-5-3-6-10-17)13-14-27-23(21)26(24)30/h3-14,19,27H,1-2H3. The summed E-state index contributed by atoms with van der Waals surface area (Å²) in [6, 6.07) is 19.5. The molecule has 0 amide bonds. The van der Waals surface area contributed by atoms with Gasteiger partial charge in [0.25, 0.3) is 0 Å². The third-order valence-corrected chi connectivity index (χ3v) is 5.92. The molecule has 30 heavy (non-hydrogen) atoms. The Bertz CT molecular complexity index is 1260. The average molecular weight is 392 g/mol. The molecule has 0 spiro atoms. The number of carbonyl (C=O) groups is 2. The SMILES string of the molecule is Cc1nc2c(c(-c3ccccc3)c1C)C(=O)C1=C(NC=CC1c1ccccc1)C2=O. The maximum Gasteiger partial charge on any atom is 0.228 e. The minimum Gasteiger partial charge on any atom is -0.358 e. The molecule has 3 aromatic rings. The van der Waals surface area contributed by atoms with Gasteiger partial charge in [0.15, 0.2) is 5.78 Å². The molecule has 0 fully saturated rings. The predicted molar refractivity (Wildman–Crippen MR) is 116 cm³/mol. The highest BCUT2D eigenvalue weighted by molar-refractivity contribution is 6.29. The zero-order valence-electron chi connectivity index (χ0n) is 16.8. The number of allylic oxidation sites excluding steroid dienone is 3. The van der Waals surface area contributed by atoms with E-state index in [-0.39, 0.29) is 23.2 Å². The lowest BCUT2D eigenvalue weighted by Gasteiger charge is -2.30. The summed E-state index contributed by atoms with van der Waals surface area (Å²) in [4.78, 5) is 31.9. The minimum absolute atomic E-state index is 0.139. The second-order valence-corrected chi connectivity index (χ2v) is 7.63. The van der Waals surface area contributed by atoms with Crippen LogP contribution < -0.4 is 5.32 Å². The maximum atomic E-state index is 13.9. The van der Waals surface area contributed by atoms with E-state index >= 15 is 0 Å². The van der Waals surface area contributed by atoms with Crippen LogP contribution in [0.4, 0.5) is 0 Å². The van der Waals surface area contributed by atoms with Gasteiger partial charge in [-0.3, -0.25) is 9.59 Å². The lowest BCUT2D eigenvalue weighted by molar-refractivity contribution is 0.0962. The Hall–Kier alpha value is -3.79. The molecule has 1 aliphatic heterocycles. The first-order valence-corrected chi connectivity index (χ1v) is 9.96. The van der Waals surface area contributed by atoms with Crippen molar-refractivity contribution in [2.24, 2.45) is 0 Å². The van der Waals surface area contributed by atoms with E-state index in [1.807, 2.05) is 80.6 Å². The van der Waals surface area contributed by atoms with Gasteiger partial charge in [0.2, 0.25) is 5.78 Å². The number of fused-ring (bicyclic) bond motifs is 1. The van der Waals surface area contributed by atoms with Gasteiger partial charge in [-0.1, -0.05) is 66.7 Å². The van der Waals surface area contributed by atoms with E-state index in [1.165, 1.54) is 0 Å². The van der Waals surface area contributed by atoms with Crippen molar-refractivity contribution in [1.82, 2.24) is 10.3 Å². The van der Waals surface area contributed by atoms with Crippen molar-refractivity contribution in [3.05, 3.63) is 112 Å². The first-order valence-electron chi connectivity index (χ1n) is 9.96. The van der Waals surface area contributed by atoms with Crippen LogP contribution in [0.1, 0.15) is 43.6 Å². The van der Waals surface area contributed by atoms with Crippen LogP contribution in [0.25, 0.3) is 11.1 Å². The molecule has 2 aromatic carbocycles. The molecule has 5 rings (SSSR count). The lowest BCUT2D eigenvalue weighted by Crippen LogP contribution is -2.34. The number of ketones is 2. The summed E-state index contributed by atoms with van der Waals surface area (Å²) in [6.07, 6.45) is 3.67. The Labute approximate surface area is 175 Å². The van der Waals surface area contributed by atoms with Crippen LogP contribution in [0.15, 0.2) is 84.2 Å². The van der Waals surface area contributed by atoms with Crippen LogP contribution in [0.2, 0.25) is 0 Å². The highest BCUT2D eigenvalue weighted by Gasteiger charge is 2.40. The fourth-order valence-corrected chi connectivity index (χ4v) is 4.34. The van der Waals surface area contributed by atoms with Gasteiger partial charge in [-0.05, 0) is 42.3 Å². The molecule has 1 aliphatic carbocycles. The van der Waals surface area contributed by atoms with Crippen LogP contribution in [0.5, 0.6) is 0 Å². The molecule has 2 heterocycles. The number of Topliss-reactive ketones (excluding diaryl/α,β-unsaturated/α-hetero) is 2. The number of benzene rings is 2. The van der Waals surface area contributed by atoms with Crippen molar-refractivity contribution in [1.29, 1.82) is 0 Å². The highest BCUT2D eigenvalue weighted by atomic mass is 16.1. The van der Waals surface area contributed by atoms with E-state index in [4.69, 9.17) is 0 Å². The van der Waals surface area contributed by atoms with E-state index in [9.17, 15) is 9.59 Å². The van der Waals surface area contributed by atoms with Crippen molar-refractivity contribution < 1.29 is 9.59 Å². The fourth-order valence-electron chi connectivity index (χ4n) is 4.34. The summed E-state index contributed by atoms with van der Waals surface area (Å²) in [5.41, 5.74) is 5.82. The normalized spacial score (nSPS) is 17.5. The summed E-state index contributed by atoms with van der Waals surface area (Å²) >= 11 is 0. The van der Waals surface area contributed by atoms with Crippen molar-refractivity contribution in [2.75, 3.05) is 0 Å². The molecule has 4 heteroatoms. The van der Waals surface area contributed by atoms with Crippen molar-refractivity contribution in [3.8, 4) is 11.1 Å². The largest absolute Gasteiger partial charge is 0.358 e. The first-order chi connectivity index (χ1) is 14.6. The molecule has 1 aromatic heterocycles. The topological polar surface area (TPSA) is 59.1 Å². The van der Waals surface area contributed by atoms with Gasteiger partial charge in [0.05, 0.1) is 11.3 Å². The smallest absolute Gasteiger partial charge is 0.228 e. The summed E-state index contributed by atoms with van der Waals surface area (Å²) < 4.78 is 0. The zero-order chi connectivity index (χ0) is 20.8. The Morgan fingerprint density at radius 3 is 2.20 bits per heavy atom. The van der Waals surface area contributed by atoms with Crippen LogP contribution in [0, 0.1) is 13.8 Å². The van der Waals surface area contributed by atoms with Crippen LogP contribution in [-0.2, 0) is 0 Å². The summed E-state index contributed by atoms with van der Waals surface area (Å²) in [7, 11) is 0. The number of nitrogens with zero attached hydrogens (tertiary/aromatic N) is 1. The number of hydrogen-bond donors (Lipinski definition) is 1. The van der Waals surface area contributed by atoms with Crippen molar-refractivity contribution >= 4 is 11.6 Å². The van der Waals surface area contributed by atoms with Crippen LogP contribution >= 0.6 is 0 Å². The van der Waals surface area contributed by atoms with Gasteiger partial charge in [0, 0.05) is 17.2 Å². The molecule has 0 radical (unpaired) electrons.